The van der Waals surface area contributed by atoms with Gasteiger partial charge >= 0.3 is 0 Å². The van der Waals surface area contributed by atoms with Gasteiger partial charge in [0.2, 0.25) is 0 Å². The number of aryl methyl sites for hydroxylation is 1. The molecule has 1 amide bonds. The van der Waals surface area contributed by atoms with Crippen LogP contribution in [0.15, 0.2) is 42.5 Å². The molecule has 4 heteroatoms. The van der Waals surface area contributed by atoms with Crippen molar-refractivity contribution in [3.05, 3.63) is 59.2 Å². The Kier molecular flexibility index (Phi) is 3.82. The van der Waals surface area contributed by atoms with Crippen LogP contribution in [0, 0.1) is 6.92 Å². The van der Waals surface area contributed by atoms with Crippen LogP contribution in [0.2, 0.25) is 0 Å². The summed E-state index contributed by atoms with van der Waals surface area (Å²) in [4.78, 5) is 12.0. The van der Waals surface area contributed by atoms with Gasteiger partial charge in [-0.25, -0.2) is 0 Å². The summed E-state index contributed by atoms with van der Waals surface area (Å²) in [5.41, 5.74) is 2.55. The molecular weight excluding hydrogens is 242 g/mol. The predicted molar refractivity (Wildman–Crippen MR) is 73.2 cm³/mol. The van der Waals surface area contributed by atoms with Crippen molar-refractivity contribution in [1.29, 1.82) is 0 Å². The molecule has 0 unspecified atom stereocenters. The number of hydrogen-bond acceptors (Lipinski definition) is 3. The van der Waals surface area contributed by atoms with Crippen LogP contribution < -0.4 is 5.32 Å². The molecule has 0 saturated carbocycles. The molecule has 0 bridgehead atoms. The van der Waals surface area contributed by atoms with Gasteiger partial charge in [-0.05, 0) is 42.3 Å². The zero-order valence-electron chi connectivity index (χ0n) is 10.6. The lowest BCUT2D eigenvalue weighted by atomic mass is 10.1. The van der Waals surface area contributed by atoms with E-state index in [-0.39, 0.29) is 18.3 Å². The molecule has 0 radical (unpaired) electrons. The highest BCUT2D eigenvalue weighted by Gasteiger charge is 2.08. The molecule has 98 valence electrons. The number of anilines is 1. The van der Waals surface area contributed by atoms with E-state index in [1.165, 1.54) is 6.07 Å². The first kappa shape index (κ1) is 13.1. The Bertz CT molecular complexity index is 591. The van der Waals surface area contributed by atoms with Gasteiger partial charge in [0.15, 0.2) is 0 Å². The molecule has 0 aliphatic rings. The molecule has 2 aromatic rings. The number of carbonyl (C=O) groups excluding carboxylic acids is 1. The maximum Gasteiger partial charge on any atom is 0.255 e. The molecule has 0 aromatic heterocycles. The lowest BCUT2D eigenvalue weighted by Gasteiger charge is -2.07. The largest absolute Gasteiger partial charge is 0.508 e. The molecular formula is C15H15NO3. The van der Waals surface area contributed by atoms with Crippen LogP contribution >= 0.6 is 0 Å². The Morgan fingerprint density at radius 1 is 1.16 bits per heavy atom. The molecule has 3 N–H and O–H groups in total. The van der Waals surface area contributed by atoms with Gasteiger partial charge in [0, 0.05) is 11.3 Å². The van der Waals surface area contributed by atoms with Crippen LogP contribution in [0.5, 0.6) is 5.75 Å². The maximum absolute atomic E-state index is 12.0. The Hall–Kier alpha value is -2.33. The lowest BCUT2D eigenvalue weighted by molar-refractivity contribution is 0.102. The molecule has 0 spiro atoms. The molecule has 0 aliphatic carbocycles. The van der Waals surface area contributed by atoms with Crippen molar-refractivity contribution >= 4 is 11.6 Å². The van der Waals surface area contributed by atoms with Gasteiger partial charge in [0.05, 0.1) is 6.61 Å². The average molecular weight is 257 g/mol. The van der Waals surface area contributed by atoms with E-state index in [0.29, 0.717) is 11.3 Å². The van der Waals surface area contributed by atoms with Crippen molar-refractivity contribution in [3.63, 3.8) is 0 Å². The number of amides is 1. The van der Waals surface area contributed by atoms with Crippen LogP contribution in [0.4, 0.5) is 5.69 Å². The predicted octanol–water partition coefficient (Wildman–Crippen LogP) is 2.45. The zero-order chi connectivity index (χ0) is 13.8. The second-order valence-corrected chi connectivity index (χ2v) is 4.31. The standard InChI is InChI=1S/C15H15NO3/c1-10-2-5-12(8-14(10)18)15(19)16-13-6-3-11(9-17)4-7-13/h2-8,17-18H,9H2,1H3,(H,16,19). The van der Waals surface area contributed by atoms with E-state index in [4.69, 9.17) is 5.11 Å². The Balaban J connectivity index is 2.13. The fourth-order valence-electron chi connectivity index (χ4n) is 1.65. The molecule has 0 aliphatic heterocycles. The number of aliphatic hydroxyl groups excluding tert-OH is 1. The van der Waals surface area contributed by atoms with Crippen LogP contribution in [0.25, 0.3) is 0 Å². The highest BCUT2D eigenvalue weighted by Crippen LogP contribution is 2.18. The molecule has 0 atom stereocenters. The molecule has 4 nitrogen and oxygen atoms in total. The minimum atomic E-state index is -0.285. The average Bonchev–Trinajstić information content (AvgIpc) is 2.42. The summed E-state index contributed by atoms with van der Waals surface area (Å²) in [6.45, 7) is 1.74. The van der Waals surface area contributed by atoms with E-state index in [2.05, 4.69) is 5.32 Å². The van der Waals surface area contributed by atoms with Crippen LogP contribution in [0.3, 0.4) is 0 Å². The SMILES string of the molecule is Cc1ccc(C(=O)Nc2ccc(CO)cc2)cc1O. The van der Waals surface area contributed by atoms with Crippen LogP contribution in [-0.4, -0.2) is 16.1 Å². The number of carbonyl (C=O) groups is 1. The highest BCUT2D eigenvalue weighted by molar-refractivity contribution is 6.04. The topological polar surface area (TPSA) is 69.6 Å². The minimum Gasteiger partial charge on any atom is -0.508 e. The minimum absolute atomic E-state index is 0.0277. The number of nitrogens with one attached hydrogen (secondary N) is 1. The van der Waals surface area contributed by atoms with Gasteiger partial charge in [0.1, 0.15) is 5.75 Å². The third-order valence-electron chi connectivity index (χ3n) is 2.87. The fourth-order valence-corrected chi connectivity index (χ4v) is 1.65. The van der Waals surface area contributed by atoms with Gasteiger partial charge < -0.3 is 15.5 Å². The summed E-state index contributed by atoms with van der Waals surface area (Å²) in [6.07, 6.45) is 0. The molecule has 0 saturated heterocycles. The van der Waals surface area contributed by atoms with E-state index in [1.807, 2.05) is 0 Å². The Morgan fingerprint density at radius 3 is 2.42 bits per heavy atom. The third kappa shape index (κ3) is 3.11. The quantitative estimate of drug-likeness (QED) is 0.791. The smallest absolute Gasteiger partial charge is 0.255 e. The second kappa shape index (κ2) is 5.54. The van der Waals surface area contributed by atoms with Crippen LogP contribution in [-0.2, 0) is 6.61 Å². The fraction of sp³-hybridized carbons (Fsp3) is 0.133. The Morgan fingerprint density at radius 2 is 1.84 bits per heavy atom. The number of benzene rings is 2. The van der Waals surface area contributed by atoms with Crippen molar-refractivity contribution in [3.8, 4) is 5.75 Å². The zero-order valence-corrected chi connectivity index (χ0v) is 10.6. The summed E-state index contributed by atoms with van der Waals surface area (Å²) in [5, 5.41) is 21.2. The number of phenolic OH excluding ortho intramolecular Hbond substituents is 1. The van der Waals surface area contributed by atoms with Gasteiger partial charge in [-0.3, -0.25) is 4.79 Å². The van der Waals surface area contributed by atoms with Crippen LogP contribution in [0.1, 0.15) is 21.5 Å². The number of rotatable bonds is 3. The van der Waals surface area contributed by atoms with E-state index in [0.717, 1.165) is 11.1 Å². The van der Waals surface area contributed by atoms with Crippen molar-refractivity contribution in [2.75, 3.05) is 5.32 Å². The second-order valence-electron chi connectivity index (χ2n) is 4.31. The van der Waals surface area contributed by atoms with E-state index in [9.17, 15) is 9.90 Å². The number of phenols is 1. The summed E-state index contributed by atoms with van der Waals surface area (Å²) in [5.74, 6) is -0.185. The number of aliphatic hydroxyl groups is 1. The molecule has 0 fully saturated rings. The van der Waals surface area contributed by atoms with E-state index >= 15 is 0 Å². The van der Waals surface area contributed by atoms with E-state index in [1.54, 1.807) is 43.3 Å². The number of aromatic hydroxyl groups is 1. The first-order valence-corrected chi connectivity index (χ1v) is 5.91. The first-order valence-electron chi connectivity index (χ1n) is 5.91. The molecule has 0 heterocycles. The Labute approximate surface area is 111 Å². The summed E-state index contributed by atoms with van der Waals surface area (Å²) >= 11 is 0. The monoisotopic (exact) mass is 257 g/mol. The lowest BCUT2D eigenvalue weighted by Crippen LogP contribution is -2.11. The van der Waals surface area contributed by atoms with Gasteiger partial charge in [-0.2, -0.15) is 0 Å². The van der Waals surface area contributed by atoms with Gasteiger partial charge in [-0.1, -0.05) is 18.2 Å². The highest BCUT2D eigenvalue weighted by atomic mass is 16.3. The normalized spacial score (nSPS) is 10.2. The molecule has 2 rings (SSSR count). The van der Waals surface area contributed by atoms with Crippen molar-refractivity contribution in [2.45, 2.75) is 13.5 Å². The summed E-state index contributed by atoms with van der Waals surface area (Å²) in [6, 6.07) is 11.7. The number of hydrogen-bond donors (Lipinski definition) is 3. The summed E-state index contributed by atoms with van der Waals surface area (Å²) < 4.78 is 0. The van der Waals surface area contributed by atoms with Crippen molar-refractivity contribution in [1.82, 2.24) is 0 Å². The molecule has 2 aromatic carbocycles. The molecule has 19 heavy (non-hydrogen) atoms. The van der Waals surface area contributed by atoms with E-state index < -0.39 is 0 Å². The van der Waals surface area contributed by atoms with Crippen molar-refractivity contribution < 1.29 is 15.0 Å². The first-order chi connectivity index (χ1) is 9.10. The van der Waals surface area contributed by atoms with Gasteiger partial charge in [0.25, 0.3) is 5.91 Å². The third-order valence-corrected chi connectivity index (χ3v) is 2.87. The van der Waals surface area contributed by atoms with Gasteiger partial charge in [-0.15, -0.1) is 0 Å². The maximum atomic E-state index is 12.0. The van der Waals surface area contributed by atoms with Crippen molar-refractivity contribution in [2.24, 2.45) is 0 Å². The summed E-state index contributed by atoms with van der Waals surface area (Å²) in [7, 11) is 0.